The smallest absolute Gasteiger partial charge is 0.137 e. The Morgan fingerprint density at radius 1 is 1.62 bits per heavy atom. The second-order valence-electron chi connectivity index (χ2n) is 2.64. The van der Waals surface area contributed by atoms with Gasteiger partial charge in [-0.05, 0) is 12.1 Å². The highest BCUT2D eigenvalue weighted by Gasteiger charge is 2.14. The van der Waals surface area contributed by atoms with E-state index < -0.39 is 0 Å². The Morgan fingerprint density at radius 3 is 3.08 bits per heavy atom. The number of aromatic nitrogens is 3. The minimum absolute atomic E-state index is 0.0579. The van der Waals surface area contributed by atoms with Gasteiger partial charge >= 0.3 is 0 Å². The Kier molecular flexibility index (Phi) is 2.09. The molecule has 0 amide bonds. The number of nitrogens with two attached hydrogens (primary N) is 1. The minimum atomic E-state index is -0.0579. The molecule has 0 saturated carbocycles. The van der Waals surface area contributed by atoms with E-state index >= 15 is 0 Å². The maximum atomic E-state index is 5.61. The molecule has 2 aromatic heterocycles. The van der Waals surface area contributed by atoms with Gasteiger partial charge in [-0.15, -0.1) is 0 Å². The molecule has 2 N–H and O–H groups in total. The first-order valence-corrected chi connectivity index (χ1v) is 3.99. The van der Waals surface area contributed by atoms with Gasteiger partial charge in [0, 0.05) is 6.54 Å². The van der Waals surface area contributed by atoms with E-state index in [-0.39, 0.29) is 6.04 Å². The third-order valence-electron chi connectivity index (χ3n) is 1.85. The largest absolute Gasteiger partial charge is 0.467 e. The fourth-order valence-corrected chi connectivity index (χ4v) is 1.21. The Hall–Kier alpha value is -1.62. The molecule has 0 spiro atoms. The fourth-order valence-electron chi connectivity index (χ4n) is 1.21. The van der Waals surface area contributed by atoms with Gasteiger partial charge < -0.3 is 10.2 Å². The van der Waals surface area contributed by atoms with Crippen molar-refractivity contribution in [3.05, 3.63) is 36.8 Å². The molecule has 5 nitrogen and oxygen atoms in total. The van der Waals surface area contributed by atoms with Gasteiger partial charge in [0.05, 0.1) is 6.26 Å². The van der Waals surface area contributed by atoms with Crippen LogP contribution in [0.5, 0.6) is 0 Å². The molecule has 0 fully saturated rings. The van der Waals surface area contributed by atoms with Crippen molar-refractivity contribution in [3.8, 4) is 0 Å². The number of nitrogens with zero attached hydrogens (tertiary/aromatic N) is 3. The van der Waals surface area contributed by atoms with Crippen LogP contribution in [0.1, 0.15) is 11.8 Å². The monoisotopic (exact) mass is 178 g/mol. The molecule has 5 heteroatoms. The Bertz CT molecular complexity index is 306. The molecule has 1 atom stereocenters. The molecule has 0 aliphatic carbocycles. The summed E-state index contributed by atoms with van der Waals surface area (Å²) in [6.07, 6.45) is 4.72. The Morgan fingerprint density at radius 2 is 2.54 bits per heavy atom. The summed E-state index contributed by atoms with van der Waals surface area (Å²) >= 11 is 0. The summed E-state index contributed by atoms with van der Waals surface area (Å²) < 4.78 is 6.92. The van der Waals surface area contributed by atoms with E-state index in [0.717, 1.165) is 5.76 Å². The molecule has 0 aliphatic heterocycles. The molecule has 2 aromatic rings. The van der Waals surface area contributed by atoms with Crippen LogP contribution < -0.4 is 5.73 Å². The van der Waals surface area contributed by atoms with Crippen molar-refractivity contribution >= 4 is 0 Å². The Balaban J connectivity index is 2.29. The molecule has 0 radical (unpaired) electrons. The highest BCUT2D eigenvalue weighted by Crippen LogP contribution is 2.15. The second-order valence-corrected chi connectivity index (χ2v) is 2.64. The van der Waals surface area contributed by atoms with Crippen molar-refractivity contribution in [2.45, 2.75) is 6.04 Å². The number of rotatable bonds is 3. The molecular formula is C8H10N4O. The van der Waals surface area contributed by atoms with Gasteiger partial charge in [0.25, 0.3) is 0 Å². The van der Waals surface area contributed by atoms with E-state index in [9.17, 15) is 0 Å². The summed E-state index contributed by atoms with van der Waals surface area (Å²) in [7, 11) is 0. The lowest BCUT2D eigenvalue weighted by Gasteiger charge is -2.10. The van der Waals surface area contributed by atoms with Gasteiger partial charge in [0.15, 0.2) is 0 Å². The molecule has 0 aromatic carbocycles. The summed E-state index contributed by atoms with van der Waals surface area (Å²) in [5.41, 5.74) is 5.61. The highest BCUT2D eigenvalue weighted by atomic mass is 16.3. The molecule has 1 unspecified atom stereocenters. The molecule has 13 heavy (non-hydrogen) atoms. The van der Waals surface area contributed by atoms with Crippen LogP contribution in [-0.4, -0.2) is 21.3 Å². The summed E-state index contributed by atoms with van der Waals surface area (Å²) in [5, 5.41) is 4.01. The maximum absolute atomic E-state index is 5.61. The summed E-state index contributed by atoms with van der Waals surface area (Å²) in [4.78, 5) is 3.86. The lowest BCUT2D eigenvalue weighted by atomic mass is 10.2. The van der Waals surface area contributed by atoms with Gasteiger partial charge in [0.1, 0.15) is 24.5 Å². The third kappa shape index (κ3) is 1.46. The number of furan rings is 1. The predicted octanol–water partition coefficient (Wildman–Crippen LogP) is 0.419. The SMILES string of the molecule is NCC(c1ccco1)n1cncn1. The van der Waals surface area contributed by atoms with Gasteiger partial charge in [-0.2, -0.15) is 5.10 Å². The first-order valence-electron chi connectivity index (χ1n) is 3.99. The van der Waals surface area contributed by atoms with E-state index in [4.69, 9.17) is 10.2 Å². The Labute approximate surface area is 75.2 Å². The summed E-state index contributed by atoms with van der Waals surface area (Å²) in [6, 6.07) is 3.64. The molecule has 0 saturated heterocycles. The van der Waals surface area contributed by atoms with E-state index in [1.54, 1.807) is 17.3 Å². The van der Waals surface area contributed by atoms with Crippen LogP contribution in [0.2, 0.25) is 0 Å². The topological polar surface area (TPSA) is 69.9 Å². The maximum Gasteiger partial charge on any atom is 0.137 e. The van der Waals surface area contributed by atoms with Crippen molar-refractivity contribution in [3.63, 3.8) is 0 Å². The van der Waals surface area contributed by atoms with Crippen molar-refractivity contribution in [1.82, 2.24) is 14.8 Å². The van der Waals surface area contributed by atoms with Crippen LogP contribution in [0.15, 0.2) is 35.5 Å². The number of hydrogen-bond donors (Lipinski definition) is 1. The molecular weight excluding hydrogens is 168 g/mol. The van der Waals surface area contributed by atoms with Gasteiger partial charge in [-0.3, -0.25) is 0 Å². The highest BCUT2D eigenvalue weighted by molar-refractivity contribution is 5.05. The van der Waals surface area contributed by atoms with Crippen molar-refractivity contribution in [1.29, 1.82) is 0 Å². The van der Waals surface area contributed by atoms with Crippen molar-refractivity contribution in [2.24, 2.45) is 5.73 Å². The zero-order valence-corrected chi connectivity index (χ0v) is 7.00. The van der Waals surface area contributed by atoms with Crippen LogP contribution in [0, 0.1) is 0 Å². The zero-order valence-electron chi connectivity index (χ0n) is 7.00. The van der Waals surface area contributed by atoms with Crippen molar-refractivity contribution in [2.75, 3.05) is 6.54 Å². The van der Waals surface area contributed by atoms with Crippen molar-refractivity contribution < 1.29 is 4.42 Å². The van der Waals surface area contributed by atoms with Gasteiger partial charge in [0.2, 0.25) is 0 Å². The van der Waals surface area contributed by atoms with E-state index in [1.807, 2.05) is 12.1 Å². The standard InChI is InChI=1S/C8H10N4O/c9-4-7(8-2-1-3-13-8)12-6-10-5-11-12/h1-3,5-7H,4,9H2. The molecule has 0 bridgehead atoms. The predicted molar refractivity (Wildman–Crippen MR) is 45.9 cm³/mol. The summed E-state index contributed by atoms with van der Waals surface area (Å²) in [6.45, 7) is 0.441. The van der Waals surface area contributed by atoms with Crippen LogP contribution in [-0.2, 0) is 0 Å². The van der Waals surface area contributed by atoms with Crippen LogP contribution in [0.4, 0.5) is 0 Å². The normalized spacial score (nSPS) is 13.0. The van der Waals surface area contributed by atoms with Gasteiger partial charge in [-0.25, -0.2) is 9.67 Å². The third-order valence-corrected chi connectivity index (χ3v) is 1.85. The second kappa shape index (κ2) is 3.40. The van der Waals surface area contributed by atoms with Crippen LogP contribution >= 0.6 is 0 Å². The average Bonchev–Trinajstić information content (AvgIpc) is 2.76. The van der Waals surface area contributed by atoms with Gasteiger partial charge in [-0.1, -0.05) is 0 Å². The fraction of sp³-hybridized carbons (Fsp3) is 0.250. The lowest BCUT2D eigenvalue weighted by molar-refractivity contribution is 0.410. The average molecular weight is 178 g/mol. The quantitative estimate of drug-likeness (QED) is 0.739. The molecule has 68 valence electrons. The molecule has 0 aliphatic rings. The molecule has 2 heterocycles. The van der Waals surface area contributed by atoms with E-state index in [2.05, 4.69) is 10.1 Å². The summed E-state index contributed by atoms with van der Waals surface area (Å²) in [5.74, 6) is 0.799. The first kappa shape index (κ1) is 8.00. The minimum Gasteiger partial charge on any atom is -0.467 e. The lowest BCUT2D eigenvalue weighted by Crippen LogP contribution is -2.20. The van der Waals surface area contributed by atoms with Crippen LogP contribution in [0.25, 0.3) is 0 Å². The first-order chi connectivity index (χ1) is 6.42. The van der Waals surface area contributed by atoms with Crippen LogP contribution in [0.3, 0.4) is 0 Å². The zero-order chi connectivity index (χ0) is 9.10. The molecule has 2 rings (SSSR count). The van der Waals surface area contributed by atoms with E-state index in [0.29, 0.717) is 6.54 Å². The number of hydrogen-bond acceptors (Lipinski definition) is 4. The van der Waals surface area contributed by atoms with E-state index in [1.165, 1.54) is 6.33 Å².